The molecule has 20 heavy (non-hydrogen) atoms. The Bertz CT molecular complexity index is 771. The van der Waals surface area contributed by atoms with Gasteiger partial charge < -0.3 is 10.2 Å². The lowest BCUT2D eigenvalue weighted by Crippen LogP contribution is -2.17. The van der Waals surface area contributed by atoms with Crippen LogP contribution in [0.2, 0.25) is 0 Å². The Morgan fingerprint density at radius 3 is 2.35 bits per heavy atom. The third-order valence-corrected chi connectivity index (χ3v) is 3.71. The van der Waals surface area contributed by atoms with Gasteiger partial charge in [0.05, 0.1) is 11.1 Å². The summed E-state index contributed by atoms with van der Waals surface area (Å²) in [5, 5.41) is 20.6. The minimum Gasteiger partial charge on any atom is -0.478 e. The second-order valence-corrected chi connectivity index (χ2v) is 4.78. The summed E-state index contributed by atoms with van der Waals surface area (Å²) in [6.45, 7) is 0. The van der Waals surface area contributed by atoms with Crippen molar-refractivity contribution in [2.75, 3.05) is 0 Å². The number of carboxylic acids is 2. The number of rotatable bonds is 2. The van der Waals surface area contributed by atoms with Crippen molar-refractivity contribution < 1.29 is 19.8 Å². The summed E-state index contributed by atoms with van der Waals surface area (Å²) in [4.78, 5) is 22.7. The monoisotopic (exact) mass is 268 g/mol. The van der Waals surface area contributed by atoms with Gasteiger partial charge in [-0.15, -0.1) is 0 Å². The van der Waals surface area contributed by atoms with Crippen LogP contribution < -0.4 is 0 Å². The van der Waals surface area contributed by atoms with Gasteiger partial charge in [-0.2, -0.15) is 0 Å². The van der Waals surface area contributed by atoms with E-state index in [1.54, 1.807) is 6.07 Å². The van der Waals surface area contributed by atoms with Crippen molar-refractivity contribution in [3.63, 3.8) is 0 Å². The lowest BCUT2D eigenvalue weighted by Gasteiger charge is -2.20. The fraction of sp³-hybridized carbons (Fsp3) is 0.125. The van der Waals surface area contributed by atoms with Gasteiger partial charge in [-0.05, 0) is 34.7 Å². The molecule has 0 spiro atoms. The number of hydrogen-bond donors (Lipinski definition) is 2. The molecule has 100 valence electrons. The van der Waals surface area contributed by atoms with Crippen LogP contribution in [-0.4, -0.2) is 22.2 Å². The molecule has 0 atom stereocenters. The van der Waals surface area contributed by atoms with Crippen LogP contribution in [0.25, 0.3) is 16.3 Å². The van der Waals surface area contributed by atoms with Gasteiger partial charge in [0.15, 0.2) is 0 Å². The summed E-state index contributed by atoms with van der Waals surface area (Å²) >= 11 is 0. The molecule has 2 N–H and O–H groups in total. The molecule has 0 unspecified atom stereocenters. The molecular weight excluding hydrogens is 256 g/mol. The van der Waals surface area contributed by atoms with Gasteiger partial charge >= 0.3 is 11.9 Å². The topological polar surface area (TPSA) is 74.6 Å². The van der Waals surface area contributed by atoms with Crippen molar-refractivity contribution in [1.82, 2.24) is 0 Å². The molecular formula is C16H12O4. The lowest BCUT2D eigenvalue weighted by atomic mass is 9.83. The molecule has 0 aromatic heterocycles. The molecule has 2 aromatic rings. The molecule has 1 aliphatic carbocycles. The summed E-state index contributed by atoms with van der Waals surface area (Å²) in [5.41, 5.74) is 1.36. The van der Waals surface area contributed by atoms with E-state index in [2.05, 4.69) is 0 Å². The van der Waals surface area contributed by atoms with Gasteiger partial charge in [-0.1, -0.05) is 36.4 Å². The summed E-state index contributed by atoms with van der Waals surface area (Å²) in [7, 11) is 0. The highest BCUT2D eigenvalue weighted by Crippen LogP contribution is 2.35. The molecule has 0 saturated heterocycles. The highest BCUT2D eigenvalue weighted by molar-refractivity contribution is 6.23. The second-order valence-electron chi connectivity index (χ2n) is 4.78. The quantitative estimate of drug-likeness (QED) is 0.878. The summed E-state index contributed by atoms with van der Waals surface area (Å²) in [6.07, 6.45) is 0.799. The number of carbonyl (C=O) groups is 2. The van der Waals surface area contributed by atoms with E-state index >= 15 is 0 Å². The Morgan fingerprint density at radius 2 is 1.65 bits per heavy atom. The third kappa shape index (κ3) is 1.77. The van der Waals surface area contributed by atoms with Crippen molar-refractivity contribution in [2.45, 2.75) is 12.8 Å². The van der Waals surface area contributed by atoms with Gasteiger partial charge in [0.1, 0.15) is 0 Å². The predicted molar refractivity (Wildman–Crippen MR) is 74.5 cm³/mol. The minimum absolute atomic E-state index is 0.0136. The van der Waals surface area contributed by atoms with E-state index in [1.807, 2.05) is 30.3 Å². The maximum absolute atomic E-state index is 11.4. The van der Waals surface area contributed by atoms with Crippen molar-refractivity contribution in [2.24, 2.45) is 0 Å². The predicted octanol–water partition coefficient (Wildman–Crippen LogP) is 2.71. The smallest absolute Gasteiger partial charge is 0.336 e. The van der Waals surface area contributed by atoms with Crippen LogP contribution in [0.3, 0.4) is 0 Å². The van der Waals surface area contributed by atoms with Gasteiger partial charge in [0.2, 0.25) is 0 Å². The number of carboxylic acid groups (broad SMARTS) is 2. The number of aryl methyl sites for hydroxylation is 1. The highest BCUT2D eigenvalue weighted by Gasteiger charge is 2.28. The molecule has 4 nitrogen and oxygen atoms in total. The Morgan fingerprint density at radius 1 is 0.900 bits per heavy atom. The maximum atomic E-state index is 11.4. The van der Waals surface area contributed by atoms with E-state index in [1.165, 1.54) is 0 Å². The molecule has 0 saturated carbocycles. The lowest BCUT2D eigenvalue weighted by molar-refractivity contribution is -0.134. The van der Waals surface area contributed by atoms with E-state index in [0.29, 0.717) is 12.0 Å². The van der Waals surface area contributed by atoms with E-state index in [4.69, 9.17) is 0 Å². The average molecular weight is 268 g/mol. The summed E-state index contributed by atoms with van der Waals surface area (Å²) in [6, 6.07) is 11.3. The van der Waals surface area contributed by atoms with Crippen LogP contribution in [0.5, 0.6) is 0 Å². The van der Waals surface area contributed by atoms with Crippen LogP contribution in [-0.2, 0) is 16.0 Å². The van der Waals surface area contributed by atoms with Gasteiger partial charge in [-0.3, -0.25) is 0 Å². The first-order chi connectivity index (χ1) is 9.59. The molecule has 0 aliphatic heterocycles. The van der Waals surface area contributed by atoms with Crippen LogP contribution in [0.1, 0.15) is 17.5 Å². The first-order valence-electron chi connectivity index (χ1n) is 6.30. The zero-order valence-electron chi connectivity index (χ0n) is 10.6. The summed E-state index contributed by atoms with van der Waals surface area (Å²) < 4.78 is 0. The molecule has 0 bridgehead atoms. The Hall–Kier alpha value is -2.62. The molecule has 0 fully saturated rings. The fourth-order valence-electron chi connectivity index (χ4n) is 2.84. The van der Waals surface area contributed by atoms with Crippen LogP contribution >= 0.6 is 0 Å². The minimum atomic E-state index is -1.18. The van der Waals surface area contributed by atoms with Crippen molar-refractivity contribution >= 4 is 28.3 Å². The zero-order valence-corrected chi connectivity index (χ0v) is 10.6. The van der Waals surface area contributed by atoms with Crippen molar-refractivity contribution in [3.8, 4) is 0 Å². The SMILES string of the molecule is O=C(O)C1=C(C(=O)O)c2ccc3ccccc3c2CC1. The number of benzene rings is 2. The molecule has 4 heteroatoms. The number of hydrogen-bond acceptors (Lipinski definition) is 2. The Labute approximate surface area is 115 Å². The number of aliphatic carboxylic acids is 2. The maximum Gasteiger partial charge on any atom is 0.336 e. The fourth-order valence-corrected chi connectivity index (χ4v) is 2.84. The third-order valence-electron chi connectivity index (χ3n) is 3.71. The standard InChI is InChI=1S/C16H12O4/c17-15(18)13-8-7-11-10-4-2-1-3-9(10)5-6-12(11)14(13)16(19)20/h1-6H,7-8H2,(H,17,18)(H,19,20). The van der Waals surface area contributed by atoms with E-state index in [-0.39, 0.29) is 17.6 Å². The highest BCUT2D eigenvalue weighted by atomic mass is 16.4. The number of fused-ring (bicyclic) bond motifs is 3. The summed E-state index contributed by atoms with van der Waals surface area (Å²) in [5.74, 6) is -2.33. The first kappa shape index (κ1) is 12.4. The molecule has 1 aliphatic rings. The molecule has 0 heterocycles. The van der Waals surface area contributed by atoms with Crippen molar-refractivity contribution in [3.05, 3.63) is 53.1 Å². The van der Waals surface area contributed by atoms with Crippen LogP contribution in [0.15, 0.2) is 42.0 Å². The van der Waals surface area contributed by atoms with E-state index in [0.717, 1.165) is 16.3 Å². The molecule has 2 aromatic carbocycles. The van der Waals surface area contributed by atoms with Gasteiger partial charge in [0, 0.05) is 0 Å². The Kier molecular flexibility index (Phi) is 2.79. The van der Waals surface area contributed by atoms with E-state index < -0.39 is 11.9 Å². The second kappa shape index (κ2) is 4.49. The normalized spacial score (nSPS) is 14.2. The van der Waals surface area contributed by atoms with E-state index in [9.17, 15) is 19.8 Å². The van der Waals surface area contributed by atoms with Gasteiger partial charge in [-0.25, -0.2) is 9.59 Å². The van der Waals surface area contributed by atoms with Crippen LogP contribution in [0, 0.1) is 0 Å². The van der Waals surface area contributed by atoms with Crippen molar-refractivity contribution in [1.29, 1.82) is 0 Å². The van der Waals surface area contributed by atoms with Gasteiger partial charge in [0.25, 0.3) is 0 Å². The first-order valence-corrected chi connectivity index (χ1v) is 6.30. The molecule has 3 rings (SSSR count). The largest absolute Gasteiger partial charge is 0.478 e. The molecule has 0 radical (unpaired) electrons. The Balaban J connectivity index is 2.35. The molecule has 0 amide bonds. The van der Waals surface area contributed by atoms with Crippen LogP contribution in [0.4, 0.5) is 0 Å². The average Bonchev–Trinajstić information content (AvgIpc) is 2.45. The zero-order chi connectivity index (χ0) is 14.3.